The summed E-state index contributed by atoms with van der Waals surface area (Å²) >= 11 is 0. The number of carbonyl (C=O) groups is 1. The first-order valence-corrected chi connectivity index (χ1v) is 4.57. The smallest absolute Gasteiger partial charge is 0.332 e. The molecule has 0 radical (unpaired) electrons. The molecule has 0 rings (SSSR count). The molecule has 13 heavy (non-hydrogen) atoms. The van der Waals surface area contributed by atoms with Crippen LogP contribution in [0.5, 0.6) is 0 Å². The average Bonchev–Trinajstić information content (AvgIpc) is 2.03. The molecule has 3 heteroatoms. The fourth-order valence-electron chi connectivity index (χ4n) is 0.864. The molecule has 0 aromatic carbocycles. The molecule has 0 spiro atoms. The molecule has 0 atom stereocenters. The number of ether oxygens (including phenoxy) is 1. The van der Waals surface area contributed by atoms with Crippen molar-refractivity contribution < 1.29 is 9.53 Å². The Morgan fingerprint density at radius 3 is 2.46 bits per heavy atom. The minimum Gasteiger partial charge on any atom is -0.463 e. The van der Waals surface area contributed by atoms with Gasteiger partial charge in [-0.3, -0.25) is 0 Å². The van der Waals surface area contributed by atoms with Crippen LogP contribution >= 0.6 is 0 Å². The van der Waals surface area contributed by atoms with E-state index in [0.29, 0.717) is 12.6 Å². The third-order valence-corrected chi connectivity index (χ3v) is 1.94. The van der Waals surface area contributed by atoms with Gasteiger partial charge in [0, 0.05) is 24.9 Å². The second-order valence-corrected chi connectivity index (χ2v) is 3.24. The van der Waals surface area contributed by atoms with Crippen LogP contribution in [0.1, 0.15) is 27.7 Å². The molecule has 0 amide bonds. The molecule has 76 valence electrons. The van der Waals surface area contributed by atoms with Gasteiger partial charge in [0.2, 0.25) is 0 Å². The van der Waals surface area contributed by atoms with E-state index in [1.165, 1.54) is 6.08 Å². The van der Waals surface area contributed by atoms with Crippen LogP contribution < -0.4 is 0 Å². The number of esters is 1. The summed E-state index contributed by atoms with van der Waals surface area (Å²) in [6.45, 7) is 8.27. The maximum Gasteiger partial charge on any atom is 0.332 e. The lowest BCUT2D eigenvalue weighted by Gasteiger charge is -2.23. The van der Waals surface area contributed by atoms with Crippen molar-refractivity contribution in [2.24, 2.45) is 0 Å². The summed E-state index contributed by atoms with van der Waals surface area (Å²) in [5.41, 5.74) is 0.924. The highest BCUT2D eigenvalue weighted by atomic mass is 16.5. The van der Waals surface area contributed by atoms with Gasteiger partial charge >= 0.3 is 5.97 Å². The lowest BCUT2D eigenvalue weighted by atomic mass is 10.3. The molecule has 0 aliphatic rings. The number of allylic oxidation sites excluding steroid dienone is 1. The van der Waals surface area contributed by atoms with Crippen LogP contribution in [0.4, 0.5) is 0 Å². The van der Waals surface area contributed by atoms with Gasteiger partial charge in [0.05, 0.1) is 6.61 Å². The quantitative estimate of drug-likeness (QED) is 0.494. The average molecular weight is 185 g/mol. The molecule has 0 aromatic rings. The van der Waals surface area contributed by atoms with Crippen LogP contribution in [0.15, 0.2) is 11.8 Å². The lowest BCUT2D eigenvalue weighted by Crippen LogP contribution is -2.25. The molecule has 0 aliphatic carbocycles. The Morgan fingerprint density at radius 1 is 1.54 bits per heavy atom. The summed E-state index contributed by atoms with van der Waals surface area (Å²) < 4.78 is 4.80. The van der Waals surface area contributed by atoms with Crippen LogP contribution in [0.25, 0.3) is 0 Å². The maximum absolute atomic E-state index is 11.1. The zero-order valence-electron chi connectivity index (χ0n) is 9.13. The third-order valence-electron chi connectivity index (χ3n) is 1.94. The molecule has 0 bridgehead atoms. The van der Waals surface area contributed by atoms with Crippen LogP contribution in [0.3, 0.4) is 0 Å². The fourth-order valence-corrected chi connectivity index (χ4v) is 0.864. The van der Waals surface area contributed by atoms with Crippen LogP contribution in [-0.4, -0.2) is 30.6 Å². The second kappa shape index (κ2) is 5.62. The van der Waals surface area contributed by atoms with Crippen molar-refractivity contribution in [3.05, 3.63) is 11.8 Å². The SMILES string of the molecule is CCOC(=O)/C=C(\C)N(C)C(C)C. The predicted octanol–water partition coefficient (Wildman–Crippen LogP) is 1.79. The van der Waals surface area contributed by atoms with Gasteiger partial charge < -0.3 is 9.64 Å². The van der Waals surface area contributed by atoms with Gasteiger partial charge in [-0.05, 0) is 27.7 Å². The number of carbonyl (C=O) groups excluding carboxylic acids is 1. The van der Waals surface area contributed by atoms with Crippen molar-refractivity contribution in [2.75, 3.05) is 13.7 Å². The van der Waals surface area contributed by atoms with Gasteiger partial charge in [-0.1, -0.05) is 0 Å². The summed E-state index contributed by atoms with van der Waals surface area (Å²) in [6, 6.07) is 0.394. The van der Waals surface area contributed by atoms with Gasteiger partial charge in [-0.2, -0.15) is 0 Å². The van der Waals surface area contributed by atoms with Crippen molar-refractivity contribution in [1.82, 2.24) is 4.90 Å². The van der Waals surface area contributed by atoms with Crippen molar-refractivity contribution in [2.45, 2.75) is 33.7 Å². The van der Waals surface area contributed by atoms with Gasteiger partial charge in [0.1, 0.15) is 0 Å². The molecule has 0 N–H and O–H groups in total. The molecule has 0 heterocycles. The van der Waals surface area contributed by atoms with E-state index in [1.807, 2.05) is 18.9 Å². The first-order chi connectivity index (χ1) is 5.99. The van der Waals surface area contributed by atoms with Crippen LogP contribution in [-0.2, 0) is 9.53 Å². The topological polar surface area (TPSA) is 29.5 Å². The number of hydrogen-bond acceptors (Lipinski definition) is 3. The van der Waals surface area contributed by atoms with E-state index in [2.05, 4.69) is 13.8 Å². The Balaban J connectivity index is 4.22. The minimum absolute atomic E-state index is 0.271. The fraction of sp³-hybridized carbons (Fsp3) is 0.700. The van der Waals surface area contributed by atoms with Crippen LogP contribution in [0.2, 0.25) is 0 Å². The molecular formula is C10H19NO2. The highest BCUT2D eigenvalue weighted by molar-refractivity contribution is 5.82. The van der Waals surface area contributed by atoms with E-state index in [4.69, 9.17) is 4.74 Å². The highest BCUT2D eigenvalue weighted by Crippen LogP contribution is 2.05. The molecule has 0 aliphatic heterocycles. The summed E-state index contributed by atoms with van der Waals surface area (Å²) in [4.78, 5) is 13.1. The van der Waals surface area contributed by atoms with Gasteiger partial charge in [0.15, 0.2) is 0 Å². The Bertz CT molecular complexity index is 197. The van der Waals surface area contributed by atoms with Crippen molar-refractivity contribution >= 4 is 5.97 Å². The van der Waals surface area contributed by atoms with E-state index in [9.17, 15) is 4.79 Å². The lowest BCUT2D eigenvalue weighted by molar-refractivity contribution is -0.137. The van der Waals surface area contributed by atoms with Crippen molar-refractivity contribution in [1.29, 1.82) is 0 Å². The van der Waals surface area contributed by atoms with Crippen molar-refractivity contribution in [3.8, 4) is 0 Å². The molecule has 0 fully saturated rings. The number of nitrogens with zero attached hydrogens (tertiary/aromatic N) is 1. The molecule has 0 saturated heterocycles. The van der Waals surface area contributed by atoms with Gasteiger partial charge in [0.25, 0.3) is 0 Å². The van der Waals surface area contributed by atoms with E-state index < -0.39 is 0 Å². The monoisotopic (exact) mass is 185 g/mol. The normalized spacial score (nSPS) is 11.7. The largest absolute Gasteiger partial charge is 0.463 e. The van der Waals surface area contributed by atoms with E-state index >= 15 is 0 Å². The Labute approximate surface area is 80.4 Å². The summed E-state index contributed by atoms with van der Waals surface area (Å²) in [7, 11) is 1.95. The first-order valence-electron chi connectivity index (χ1n) is 4.57. The zero-order chi connectivity index (χ0) is 10.4. The van der Waals surface area contributed by atoms with Gasteiger partial charge in [-0.15, -0.1) is 0 Å². The van der Waals surface area contributed by atoms with E-state index in [-0.39, 0.29) is 5.97 Å². The zero-order valence-corrected chi connectivity index (χ0v) is 9.13. The Kier molecular flexibility index (Phi) is 5.19. The maximum atomic E-state index is 11.1. The van der Waals surface area contributed by atoms with Crippen molar-refractivity contribution in [3.63, 3.8) is 0 Å². The summed E-state index contributed by atoms with van der Waals surface area (Å²) in [5, 5.41) is 0. The molecular weight excluding hydrogens is 166 g/mol. The minimum atomic E-state index is -0.271. The van der Waals surface area contributed by atoms with Crippen LogP contribution in [0, 0.1) is 0 Å². The molecule has 0 aromatic heterocycles. The number of hydrogen-bond donors (Lipinski definition) is 0. The Morgan fingerprint density at radius 2 is 2.08 bits per heavy atom. The van der Waals surface area contributed by atoms with E-state index in [0.717, 1.165) is 5.70 Å². The standard InChI is InChI=1S/C10H19NO2/c1-6-13-10(12)7-9(4)11(5)8(2)3/h7-8H,6H2,1-5H3/b9-7+. The predicted molar refractivity (Wildman–Crippen MR) is 53.3 cm³/mol. The summed E-state index contributed by atoms with van der Waals surface area (Å²) in [6.07, 6.45) is 1.52. The Hall–Kier alpha value is -0.990. The van der Waals surface area contributed by atoms with E-state index in [1.54, 1.807) is 6.92 Å². The molecule has 0 saturated carbocycles. The number of rotatable bonds is 4. The molecule has 0 unspecified atom stereocenters. The van der Waals surface area contributed by atoms with Gasteiger partial charge in [-0.25, -0.2) is 4.79 Å². The highest BCUT2D eigenvalue weighted by Gasteiger charge is 2.05. The second-order valence-electron chi connectivity index (χ2n) is 3.24. The molecule has 3 nitrogen and oxygen atoms in total. The third kappa shape index (κ3) is 4.55. The first kappa shape index (κ1) is 12.0. The summed E-state index contributed by atoms with van der Waals surface area (Å²) in [5.74, 6) is -0.271.